The van der Waals surface area contributed by atoms with E-state index >= 15 is 0 Å². The smallest absolute Gasteiger partial charge is 0.102 e. The predicted molar refractivity (Wildman–Crippen MR) is 50.7 cm³/mol. The van der Waals surface area contributed by atoms with Crippen LogP contribution in [0, 0.1) is 0 Å². The van der Waals surface area contributed by atoms with E-state index in [1.54, 1.807) is 6.08 Å². The summed E-state index contributed by atoms with van der Waals surface area (Å²) in [7, 11) is 0. The lowest BCUT2D eigenvalue weighted by Crippen LogP contribution is -2.48. The Labute approximate surface area is 73.8 Å². The topological polar surface area (TPSA) is 46.2 Å². The van der Waals surface area contributed by atoms with Crippen LogP contribution in [0.4, 0.5) is 0 Å². The maximum atomic E-state index is 10.00. The Kier molecular flexibility index (Phi) is 2.70. The fourth-order valence-corrected chi connectivity index (χ4v) is 1.54. The summed E-state index contributed by atoms with van der Waals surface area (Å²) >= 11 is 0. The second-order valence-electron chi connectivity index (χ2n) is 3.28. The van der Waals surface area contributed by atoms with Crippen LogP contribution in [0.5, 0.6) is 0 Å². The highest BCUT2D eigenvalue weighted by Gasteiger charge is 2.32. The fourth-order valence-electron chi connectivity index (χ4n) is 1.54. The molecule has 0 aromatic rings. The van der Waals surface area contributed by atoms with E-state index in [4.69, 9.17) is 5.73 Å². The Morgan fingerprint density at radius 3 is 2.75 bits per heavy atom. The van der Waals surface area contributed by atoms with Crippen LogP contribution in [-0.4, -0.2) is 16.7 Å². The monoisotopic (exact) mass is 167 g/mol. The summed E-state index contributed by atoms with van der Waals surface area (Å²) in [5, 5.41) is 10.00. The summed E-state index contributed by atoms with van der Waals surface area (Å²) in [4.78, 5) is 0. The molecule has 0 aromatic heterocycles. The third-order valence-corrected chi connectivity index (χ3v) is 2.61. The molecule has 2 unspecified atom stereocenters. The summed E-state index contributed by atoms with van der Waals surface area (Å²) in [6, 6.07) is -0.225. The van der Waals surface area contributed by atoms with Crippen molar-refractivity contribution in [3.8, 4) is 0 Å². The minimum Gasteiger partial charge on any atom is -0.384 e. The van der Waals surface area contributed by atoms with Crippen molar-refractivity contribution in [2.24, 2.45) is 5.73 Å². The molecule has 1 aliphatic carbocycles. The molecule has 1 aliphatic rings. The first kappa shape index (κ1) is 9.49. The van der Waals surface area contributed by atoms with Crippen LogP contribution in [0.2, 0.25) is 0 Å². The van der Waals surface area contributed by atoms with Crippen LogP contribution < -0.4 is 5.73 Å². The number of hydrogen-bond donors (Lipinski definition) is 2. The highest BCUT2D eigenvalue weighted by atomic mass is 16.3. The van der Waals surface area contributed by atoms with Gasteiger partial charge in [0.05, 0.1) is 6.04 Å². The van der Waals surface area contributed by atoms with Gasteiger partial charge in [-0.1, -0.05) is 37.6 Å². The Bertz CT molecular complexity index is 220. The lowest BCUT2D eigenvalue weighted by atomic mass is 9.82. The second kappa shape index (κ2) is 3.42. The van der Waals surface area contributed by atoms with Gasteiger partial charge in [0.25, 0.3) is 0 Å². The van der Waals surface area contributed by atoms with E-state index in [9.17, 15) is 5.11 Å². The van der Waals surface area contributed by atoms with Crippen LogP contribution >= 0.6 is 0 Å². The van der Waals surface area contributed by atoms with Crippen molar-refractivity contribution < 1.29 is 5.11 Å². The largest absolute Gasteiger partial charge is 0.384 e. The molecule has 3 N–H and O–H groups in total. The maximum absolute atomic E-state index is 10.00. The molecule has 2 atom stereocenters. The quantitative estimate of drug-likeness (QED) is 0.652. The van der Waals surface area contributed by atoms with Gasteiger partial charge in [-0.05, 0) is 12.8 Å². The molecule has 0 aliphatic heterocycles. The lowest BCUT2D eigenvalue weighted by molar-refractivity contribution is 0.0677. The predicted octanol–water partition coefficient (Wildman–Crippen LogP) is 1.36. The molecule has 68 valence electrons. The van der Waals surface area contributed by atoms with Crippen molar-refractivity contribution in [1.29, 1.82) is 0 Å². The molecule has 0 fully saturated rings. The zero-order valence-corrected chi connectivity index (χ0v) is 7.75. The van der Waals surface area contributed by atoms with E-state index in [0.29, 0.717) is 6.42 Å². The first-order chi connectivity index (χ1) is 5.64. The third-order valence-electron chi connectivity index (χ3n) is 2.61. The van der Waals surface area contributed by atoms with Crippen LogP contribution in [0.15, 0.2) is 23.8 Å². The number of aliphatic hydroxyl groups is 1. The molecule has 0 saturated carbocycles. The molecule has 0 amide bonds. The molecule has 0 spiro atoms. The summed E-state index contributed by atoms with van der Waals surface area (Å²) < 4.78 is 0. The molecule has 0 aromatic carbocycles. The first-order valence-corrected chi connectivity index (χ1v) is 4.50. The van der Waals surface area contributed by atoms with Gasteiger partial charge in [-0.25, -0.2) is 0 Å². The van der Waals surface area contributed by atoms with E-state index in [1.165, 1.54) is 0 Å². The first-order valence-electron chi connectivity index (χ1n) is 4.50. The highest BCUT2D eigenvalue weighted by molar-refractivity contribution is 5.31. The van der Waals surface area contributed by atoms with Gasteiger partial charge in [-0.2, -0.15) is 0 Å². The van der Waals surface area contributed by atoms with Gasteiger partial charge in [0.1, 0.15) is 5.60 Å². The van der Waals surface area contributed by atoms with Crippen molar-refractivity contribution in [3.05, 3.63) is 23.8 Å². The van der Waals surface area contributed by atoms with E-state index in [2.05, 4.69) is 6.92 Å². The Morgan fingerprint density at radius 1 is 1.58 bits per heavy atom. The maximum Gasteiger partial charge on any atom is 0.102 e. The van der Waals surface area contributed by atoms with E-state index < -0.39 is 5.60 Å². The molecule has 0 bridgehead atoms. The summed E-state index contributed by atoms with van der Waals surface area (Å²) in [6.07, 6.45) is 7.26. The Balaban J connectivity index is 2.87. The van der Waals surface area contributed by atoms with Gasteiger partial charge in [-0.15, -0.1) is 0 Å². The van der Waals surface area contributed by atoms with Gasteiger partial charge in [0, 0.05) is 0 Å². The Hall–Kier alpha value is -0.600. The second-order valence-corrected chi connectivity index (χ2v) is 3.28. The molecular weight excluding hydrogens is 150 g/mol. The van der Waals surface area contributed by atoms with E-state index in [0.717, 1.165) is 12.0 Å². The van der Waals surface area contributed by atoms with Crippen LogP contribution in [0.1, 0.15) is 26.7 Å². The standard InChI is InChI=1S/C10H17NO/c1-3-8-6-5-7-10(12,4-2)9(8)11/h5-7,9,12H,3-4,11H2,1-2H3. The zero-order valence-electron chi connectivity index (χ0n) is 7.75. The average Bonchev–Trinajstić information content (AvgIpc) is 2.10. The summed E-state index contributed by atoms with van der Waals surface area (Å²) in [5.41, 5.74) is 6.22. The van der Waals surface area contributed by atoms with Crippen LogP contribution in [0.3, 0.4) is 0 Å². The van der Waals surface area contributed by atoms with Gasteiger partial charge >= 0.3 is 0 Å². The minimum atomic E-state index is -0.819. The number of nitrogens with two attached hydrogens (primary N) is 1. The molecule has 0 saturated heterocycles. The summed E-state index contributed by atoms with van der Waals surface area (Å²) in [6.45, 7) is 4.00. The number of hydrogen-bond acceptors (Lipinski definition) is 2. The van der Waals surface area contributed by atoms with Crippen molar-refractivity contribution in [2.75, 3.05) is 0 Å². The van der Waals surface area contributed by atoms with Crippen molar-refractivity contribution in [3.63, 3.8) is 0 Å². The van der Waals surface area contributed by atoms with Crippen molar-refractivity contribution in [2.45, 2.75) is 38.3 Å². The SMILES string of the molecule is CCC1=CC=CC(O)(CC)C1N. The molecule has 0 radical (unpaired) electrons. The third kappa shape index (κ3) is 1.45. The molecule has 12 heavy (non-hydrogen) atoms. The molecule has 0 heterocycles. The molecule has 2 nitrogen and oxygen atoms in total. The van der Waals surface area contributed by atoms with Gasteiger partial charge in [-0.3, -0.25) is 0 Å². The lowest BCUT2D eigenvalue weighted by Gasteiger charge is -2.33. The molecule has 1 rings (SSSR count). The Morgan fingerprint density at radius 2 is 2.25 bits per heavy atom. The average molecular weight is 167 g/mol. The van der Waals surface area contributed by atoms with E-state index in [-0.39, 0.29) is 6.04 Å². The number of rotatable bonds is 2. The molecular formula is C10H17NO. The van der Waals surface area contributed by atoms with Crippen LogP contribution in [0.25, 0.3) is 0 Å². The highest BCUT2D eigenvalue weighted by Crippen LogP contribution is 2.26. The van der Waals surface area contributed by atoms with Crippen molar-refractivity contribution >= 4 is 0 Å². The fraction of sp³-hybridized carbons (Fsp3) is 0.600. The summed E-state index contributed by atoms with van der Waals surface area (Å²) in [5.74, 6) is 0. The minimum absolute atomic E-state index is 0.225. The van der Waals surface area contributed by atoms with Gasteiger partial charge in [0.2, 0.25) is 0 Å². The van der Waals surface area contributed by atoms with Gasteiger partial charge in [0.15, 0.2) is 0 Å². The van der Waals surface area contributed by atoms with Crippen molar-refractivity contribution in [1.82, 2.24) is 0 Å². The van der Waals surface area contributed by atoms with E-state index in [1.807, 2.05) is 19.1 Å². The number of allylic oxidation sites excluding steroid dienone is 2. The van der Waals surface area contributed by atoms with Gasteiger partial charge < -0.3 is 10.8 Å². The zero-order chi connectivity index (χ0) is 9.19. The molecule has 2 heteroatoms. The van der Waals surface area contributed by atoms with Crippen LogP contribution in [-0.2, 0) is 0 Å². The normalized spacial score (nSPS) is 35.0.